The molecule has 7 heteroatoms. The van der Waals surface area contributed by atoms with E-state index in [1.807, 2.05) is 6.20 Å². The van der Waals surface area contributed by atoms with Crippen LogP contribution in [0.25, 0.3) is 0 Å². The Morgan fingerprint density at radius 1 is 1.37 bits per heavy atom. The minimum atomic E-state index is 0.677. The van der Waals surface area contributed by atoms with Crippen LogP contribution < -0.4 is 10.2 Å². The van der Waals surface area contributed by atoms with Crippen molar-refractivity contribution in [2.24, 2.45) is 10.9 Å². The van der Waals surface area contributed by atoms with Gasteiger partial charge >= 0.3 is 0 Å². The lowest BCUT2D eigenvalue weighted by Gasteiger charge is -2.36. The molecule has 27 heavy (non-hydrogen) atoms. The zero-order chi connectivity index (χ0) is 19.1. The van der Waals surface area contributed by atoms with Gasteiger partial charge in [0.25, 0.3) is 0 Å². The molecule has 0 aromatic carbocycles. The first-order chi connectivity index (χ1) is 13.2. The van der Waals surface area contributed by atoms with Gasteiger partial charge in [0.05, 0.1) is 19.8 Å². The second kappa shape index (κ2) is 10.2. The van der Waals surface area contributed by atoms with Gasteiger partial charge in [-0.25, -0.2) is 9.98 Å². The Balaban J connectivity index is 1.67. The molecule has 0 saturated carbocycles. The average molecular weight is 392 g/mol. The summed E-state index contributed by atoms with van der Waals surface area (Å²) in [7, 11) is 0. The number of ether oxygens (including phenoxy) is 1. The summed E-state index contributed by atoms with van der Waals surface area (Å²) in [6.45, 7) is 13.8. The summed E-state index contributed by atoms with van der Waals surface area (Å²) in [5.74, 6) is 3.93. The number of hydrogen-bond donors (Lipinski definition) is 1. The van der Waals surface area contributed by atoms with Crippen LogP contribution in [0.4, 0.5) is 5.82 Å². The SMILES string of the molecule is CCNC(=NCc1ccnc(N2CCOCC2)c1)N1CCSC(C(C)C)C1. The van der Waals surface area contributed by atoms with Gasteiger partial charge in [-0.3, -0.25) is 0 Å². The molecule has 0 bridgehead atoms. The third-order valence-corrected chi connectivity index (χ3v) is 6.57. The van der Waals surface area contributed by atoms with Crippen molar-refractivity contribution in [1.82, 2.24) is 15.2 Å². The Morgan fingerprint density at radius 3 is 2.93 bits per heavy atom. The number of guanidine groups is 1. The third-order valence-electron chi connectivity index (χ3n) is 5.03. The molecule has 1 aromatic heterocycles. The van der Waals surface area contributed by atoms with Crippen molar-refractivity contribution < 1.29 is 4.74 Å². The first-order valence-electron chi connectivity index (χ1n) is 10.1. The number of anilines is 1. The van der Waals surface area contributed by atoms with Gasteiger partial charge in [0, 0.05) is 49.9 Å². The molecule has 0 amide bonds. The Hall–Kier alpha value is -1.47. The molecule has 2 fully saturated rings. The van der Waals surface area contributed by atoms with Crippen molar-refractivity contribution in [2.75, 3.05) is 56.6 Å². The molecule has 2 saturated heterocycles. The normalized spacial score (nSPS) is 21.6. The first-order valence-corrected chi connectivity index (χ1v) is 11.1. The molecule has 0 aliphatic carbocycles. The second-order valence-electron chi connectivity index (χ2n) is 7.39. The molecule has 150 valence electrons. The molecular weight excluding hydrogens is 358 g/mol. The second-order valence-corrected chi connectivity index (χ2v) is 8.74. The fourth-order valence-corrected chi connectivity index (χ4v) is 4.69. The summed E-state index contributed by atoms with van der Waals surface area (Å²) < 4.78 is 5.44. The van der Waals surface area contributed by atoms with Crippen LogP contribution in [-0.2, 0) is 11.3 Å². The number of morpholine rings is 1. The van der Waals surface area contributed by atoms with Gasteiger partial charge in [-0.2, -0.15) is 11.8 Å². The minimum absolute atomic E-state index is 0.677. The fourth-order valence-electron chi connectivity index (χ4n) is 3.39. The fraction of sp³-hybridized carbons (Fsp3) is 0.700. The summed E-state index contributed by atoms with van der Waals surface area (Å²) in [5.41, 5.74) is 1.20. The molecular formula is C20H33N5OS. The van der Waals surface area contributed by atoms with Gasteiger partial charge in [0.2, 0.25) is 0 Å². The van der Waals surface area contributed by atoms with Gasteiger partial charge in [0.1, 0.15) is 5.82 Å². The van der Waals surface area contributed by atoms with Crippen LogP contribution >= 0.6 is 11.8 Å². The molecule has 3 heterocycles. The van der Waals surface area contributed by atoms with Crippen molar-refractivity contribution in [3.8, 4) is 0 Å². The number of nitrogens with one attached hydrogen (secondary N) is 1. The first kappa shape index (κ1) is 20.3. The van der Waals surface area contributed by atoms with Crippen molar-refractivity contribution >= 4 is 23.5 Å². The molecule has 1 atom stereocenters. The summed E-state index contributed by atoms with van der Waals surface area (Å²) in [6.07, 6.45) is 1.90. The zero-order valence-corrected chi connectivity index (χ0v) is 17.7. The number of aliphatic imine (C=N–C) groups is 1. The quantitative estimate of drug-likeness (QED) is 0.615. The number of aromatic nitrogens is 1. The van der Waals surface area contributed by atoms with Crippen LogP contribution in [0.2, 0.25) is 0 Å². The van der Waals surface area contributed by atoms with Gasteiger partial charge < -0.3 is 19.9 Å². The zero-order valence-electron chi connectivity index (χ0n) is 16.9. The highest BCUT2D eigenvalue weighted by atomic mass is 32.2. The van der Waals surface area contributed by atoms with Crippen LogP contribution in [0, 0.1) is 5.92 Å². The van der Waals surface area contributed by atoms with Gasteiger partial charge in [-0.05, 0) is 30.5 Å². The topological polar surface area (TPSA) is 53.0 Å². The Bertz CT molecular complexity index is 618. The van der Waals surface area contributed by atoms with E-state index in [1.54, 1.807) is 0 Å². The van der Waals surface area contributed by atoms with Gasteiger partial charge in [-0.15, -0.1) is 0 Å². The van der Waals surface area contributed by atoms with Crippen molar-refractivity contribution in [2.45, 2.75) is 32.6 Å². The summed E-state index contributed by atoms with van der Waals surface area (Å²) in [4.78, 5) is 14.2. The van der Waals surface area contributed by atoms with E-state index in [-0.39, 0.29) is 0 Å². The van der Waals surface area contributed by atoms with Crippen LogP contribution in [0.5, 0.6) is 0 Å². The van der Waals surface area contributed by atoms with Crippen molar-refractivity contribution in [3.05, 3.63) is 23.9 Å². The van der Waals surface area contributed by atoms with Gasteiger partial charge in [-0.1, -0.05) is 13.8 Å². The predicted molar refractivity (Wildman–Crippen MR) is 115 cm³/mol. The summed E-state index contributed by atoms with van der Waals surface area (Å²) in [5, 5.41) is 4.16. The number of pyridine rings is 1. The largest absolute Gasteiger partial charge is 0.378 e. The summed E-state index contributed by atoms with van der Waals surface area (Å²) in [6, 6.07) is 4.24. The number of rotatable bonds is 5. The van der Waals surface area contributed by atoms with Crippen molar-refractivity contribution in [3.63, 3.8) is 0 Å². The van der Waals surface area contributed by atoms with Crippen LogP contribution in [-0.4, -0.2) is 72.8 Å². The summed E-state index contributed by atoms with van der Waals surface area (Å²) >= 11 is 2.09. The molecule has 0 radical (unpaired) electrons. The molecule has 1 N–H and O–H groups in total. The Kier molecular flexibility index (Phi) is 7.64. The van der Waals surface area contributed by atoms with Crippen molar-refractivity contribution in [1.29, 1.82) is 0 Å². The van der Waals surface area contributed by atoms with Crippen LogP contribution in [0.3, 0.4) is 0 Å². The van der Waals surface area contributed by atoms with Gasteiger partial charge in [0.15, 0.2) is 5.96 Å². The lowest BCUT2D eigenvalue weighted by atomic mass is 10.1. The average Bonchev–Trinajstić information content (AvgIpc) is 2.72. The predicted octanol–water partition coefficient (Wildman–Crippen LogP) is 2.46. The highest BCUT2D eigenvalue weighted by molar-refractivity contribution is 8.00. The number of thioether (sulfide) groups is 1. The minimum Gasteiger partial charge on any atom is -0.378 e. The Morgan fingerprint density at radius 2 is 2.19 bits per heavy atom. The highest BCUT2D eigenvalue weighted by Gasteiger charge is 2.24. The standard InChI is InChI=1S/C20H33N5OS/c1-4-21-20(25-9-12-27-18(15-25)16(2)3)23-14-17-5-6-22-19(13-17)24-7-10-26-11-8-24/h5-6,13,16,18H,4,7-12,14-15H2,1-3H3,(H,21,23). The molecule has 0 spiro atoms. The van der Waals surface area contributed by atoms with E-state index >= 15 is 0 Å². The molecule has 6 nitrogen and oxygen atoms in total. The number of nitrogens with zero attached hydrogens (tertiary/aromatic N) is 4. The van der Waals surface area contributed by atoms with Crippen LogP contribution in [0.1, 0.15) is 26.3 Å². The van der Waals surface area contributed by atoms with E-state index in [9.17, 15) is 0 Å². The van der Waals surface area contributed by atoms with E-state index in [2.05, 4.69) is 64.8 Å². The van der Waals surface area contributed by atoms with E-state index in [4.69, 9.17) is 9.73 Å². The Labute approximate surface area is 167 Å². The molecule has 2 aliphatic heterocycles. The van der Waals surface area contributed by atoms with E-state index < -0.39 is 0 Å². The lowest BCUT2D eigenvalue weighted by Crippen LogP contribution is -2.49. The van der Waals surface area contributed by atoms with Crippen LogP contribution in [0.15, 0.2) is 23.3 Å². The molecule has 1 unspecified atom stereocenters. The maximum Gasteiger partial charge on any atom is 0.194 e. The monoisotopic (exact) mass is 391 g/mol. The molecule has 3 rings (SSSR count). The third kappa shape index (κ3) is 5.75. The molecule has 2 aliphatic rings. The maximum atomic E-state index is 5.44. The highest BCUT2D eigenvalue weighted by Crippen LogP contribution is 2.25. The van der Waals surface area contributed by atoms with E-state index in [0.29, 0.717) is 17.7 Å². The smallest absolute Gasteiger partial charge is 0.194 e. The number of hydrogen-bond acceptors (Lipinski definition) is 5. The maximum absolute atomic E-state index is 5.44. The molecule has 1 aromatic rings. The lowest BCUT2D eigenvalue weighted by molar-refractivity contribution is 0.122. The van der Waals surface area contributed by atoms with E-state index in [1.165, 1.54) is 11.3 Å². The van der Waals surface area contributed by atoms with E-state index in [0.717, 1.165) is 57.7 Å².